The Balaban J connectivity index is 1.35. The van der Waals surface area contributed by atoms with Crippen molar-refractivity contribution in [2.45, 2.75) is 91.9 Å². The number of hydrogen-bond donors (Lipinski definition) is 0. The number of rotatable bonds is 11. The van der Waals surface area contributed by atoms with Gasteiger partial charge in [0.05, 0.1) is 11.3 Å². The SMILES string of the molecule is CCC1CCC(C2CCC(C(=O)Oc3ccc(/C=C/C(=O)OCCOC(=O)C(C)(C)CC)cc3)CC2)CC1. The summed E-state index contributed by atoms with van der Waals surface area (Å²) in [6.07, 6.45) is 14.6. The maximum absolute atomic E-state index is 12.7. The molecule has 6 heteroatoms. The van der Waals surface area contributed by atoms with Crippen molar-refractivity contribution in [1.82, 2.24) is 0 Å². The van der Waals surface area contributed by atoms with Crippen molar-refractivity contribution in [2.24, 2.45) is 29.1 Å². The molecule has 1 aromatic carbocycles. The van der Waals surface area contributed by atoms with Crippen LogP contribution in [0.4, 0.5) is 0 Å². The van der Waals surface area contributed by atoms with Gasteiger partial charge in [-0.2, -0.15) is 0 Å². The lowest BCUT2D eigenvalue weighted by Gasteiger charge is -2.37. The van der Waals surface area contributed by atoms with Gasteiger partial charge in [-0.25, -0.2) is 4.79 Å². The van der Waals surface area contributed by atoms with Crippen molar-refractivity contribution >= 4 is 24.0 Å². The molecule has 0 bridgehead atoms. The molecule has 0 unspecified atom stereocenters. The Morgan fingerprint density at radius 2 is 1.42 bits per heavy atom. The lowest BCUT2D eigenvalue weighted by atomic mass is 9.69. The van der Waals surface area contributed by atoms with E-state index in [1.807, 2.05) is 20.8 Å². The van der Waals surface area contributed by atoms with Gasteiger partial charge in [-0.3, -0.25) is 9.59 Å². The highest BCUT2D eigenvalue weighted by molar-refractivity contribution is 5.87. The Hall–Kier alpha value is -2.63. The van der Waals surface area contributed by atoms with E-state index in [4.69, 9.17) is 14.2 Å². The molecular formula is C32H46O6. The highest BCUT2D eigenvalue weighted by atomic mass is 16.6. The van der Waals surface area contributed by atoms with Crippen LogP contribution in [0, 0.1) is 29.1 Å². The first-order valence-corrected chi connectivity index (χ1v) is 14.6. The van der Waals surface area contributed by atoms with Crippen molar-refractivity contribution in [3.05, 3.63) is 35.9 Å². The summed E-state index contributed by atoms with van der Waals surface area (Å²) in [7, 11) is 0. The molecule has 3 rings (SSSR count). The highest BCUT2D eigenvalue weighted by Crippen LogP contribution is 2.42. The van der Waals surface area contributed by atoms with Gasteiger partial charge in [0.2, 0.25) is 0 Å². The van der Waals surface area contributed by atoms with Gasteiger partial charge in [0.25, 0.3) is 0 Å². The van der Waals surface area contributed by atoms with E-state index >= 15 is 0 Å². The first-order chi connectivity index (χ1) is 18.2. The Morgan fingerprint density at radius 3 is 2.00 bits per heavy atom. The average molecular weight is 527 g/mol. The maximum Gasteiger partial charge on any atom is 0.330 e. The largest absolute Gasteiger partial charge is 0.462 e. The normalized spacial score (nSPS) is 24.1. The van der Waals surface area contributed by atoms with E-state index in [2.05, 4.69) is 6.92 Å². The van der Waals surface area contributed by atoms with Crippen LogP contribution in [-0.2, 0) is 23.9 Å². The van der Waals surface area contributed by atoms with Gasteiger partial charge in [-0.15, -0.1) is 0 Å². The van der Waals surface area contributed by atoms with Gasteiger partial charge in [-0.1, -0.05) is 45.2 Å². The smallest absolute Gasteiger partial charge is 0.330 e. The molecule has 0 saturated heterocycles. The Labute approximate surface area is 228 Å². The van der Waals surface area contributed by atoms with Crippen molar-refractivity contribution in [3.8, 4) is 5.75 Å². The molecule has 2 aliphatic rings. The quantitative estimate of drug-likeness (QED) is 0.132. The fourth-order valence-corrected chi connectivity index (χ4v) is 5.57. The Kier molecular flexibility index (Phi) is 11.4. The molecule has 1 aromatic rings. The van der Waals surface area contributed by atoms with E-state index in [1.54, 1.807) is 30.3 Å². The van der Waals surface area contributed by atoms with Crippen molar-refractivity contribution in [1.29, 1.82) is 0 Å². The van der Waals surface area contributed by atoms with Crippen LogP contribution in [0.3, 0.4) is 0 Å². The van der Waals surface area contributed by atoms with E-state index in [1.165, 1.54) is 38.2 Å². The summed E-state index contributed by atoms with van der Waals surface area (Å²) in [5.74, 6) is 2.11. The van der Waals surface area contributed by atoms with Crippen LogP contribution in [0.2, 0.25) is 0 Å². The van der Waals surface area contributed by atoms with E-state index in [0.29, 0.717) is 12.2 Å². The van der Waals surface area contributed by atoms with Gasteiger partial charge < -0.3 is 14.2 Å². The van der Waals surface area contributed by atoms with Gasteiger partial charge in [0.15, 0.2) is 0 Å². The summed E-state index contributed by atoms with van der Waals surface area (Å²) in [4.78, 5) is 36.6. The summed E-state index contributed by atoms with van der Waals surface area (Å²) >= 11 is 0. The molecule has 2 aliphatic carbocycles. The molecule has 0 amide bonds. The van der Waals surface area contributed by atoms with Crippen molar-refractivity contribution < 1.29 is 28.6 Å². The second-order valence-corrected chi connectivity index (χ2v) is 11.7. The van der Waals surface area contributed by atoms with Crippen LogP contribution in [-0.4, -0.2) is 31.1 Å². The Bertz CT molecular complexity index is 931. The third-order valence-electron chi connectivity index (χ3n) is 8.75. The molecule has 2 saturated carbocycles. The standard InChI is InChI=1S/C32H46O6/c1-5-23-7-12-25(13-8-23)26-14-16-27(17-15-26)30(34)38-28-18-9-24(10-19-28)11-20-29(33)36-21-22-37-31(35)32(3,4)6-2/h9-11,18-20,23,25-27H,5-8,12-17,21-22H2,1-4H3/b20-11+. The molecule has 0 spiro atoms. The molecule has 2 fully saturated rings. The maximum atomic E-state index is 12.7. The molecule has 0 atom stereocenters. The zero-order valence-corrected chi connectivity index (χ0v) is 23.7. The predicted molar refractivity (Wildman–Crippen MR) is 148 cm³/mol. The molecule has 210 valence electrons. The molecule has 6 nitrogen and oxygen atoms in total. The van der Waals surface area contributed by atoms with E-state index in [0.717, 1.165) is 49.0 Å². The van der Waals surface area contributed by atoms with E-state index < -0.39 is 11.4 Å². The molecule has 0 heterocycles. The minimum atomic E-state index is -0.545. The molecule has 0 aliphatic heterocycles. The summed E-state index contributed by atoms with van der Waals surface area (Å²) in [5, 5.41) is 0. The average Bonchev–Trinajstić information content (AvgIpc) is 2.94. The first kappa shape index (κ1) is 29.9. The summed E-state index contributed by atoms with van der Waals surface area (Å²) < 4.78 is 15.9. The van der Waals surface area contributed by atoms with Crippen molar-refractivity contribution in [2.75, 3.05) is 13.2 Å². The second kappa shape index (κ2) is 14.5. The highest BCUT2D eigenvalue weighted by Gasteiger charge is 2.33. The van der Waals surface area contributed by atoms with Crippen LogP contribution in [0.1, 0.15) is 97.5 Å². The van der Waals surface area contributed by atoms with Crippen LogP contribution in [0.15, 0.2) is 30.3 Å². The van der Waals surface area contributed by atoms with Crippen LogP contribution in [0.5, 0.6) is 5.75 Å². The molecule has 0 N–H and O–H groups in total. The summed E-state index contributed by atoms with van der Waals surface area (Å²) in [6.45, 7) is 7.91. The summed E-state index contributed by atoms with van der Waals surface area (Å²) in [6, 6.07) is 7.08. The number of benzene rings is 1. The number of carbonyl (C=O) groups excluding carboxylic acids is 3. The molecule has 38 heavy (non-hydrogen) atoms. The number of esters is 3. The Morgan fingerprint density at radius 1 is 0.842 bits per heavy atom. The van der Waals surface area contributed by atoms with Gasteiger partial charge in [-0.05, 0) is 100 Å². The van der Waals surface area contributed by atoms with E-state index in [9.17, 15) is 14.4 Å². The monoisotopic (exact) mass is 526 g/mol. The molecule has 0 aromatic heterocycles. The fraction of sp³-hybridized carbons (Fsp3) is 0.656. The van der Waals surface area contributed by atoms with Gasteiger partial charge >= 0.3 is 17.9 Å². The minimum absolute atomic E-state index is 0.00545. The number of hydrogen-bond acceptors (Lipinski definition) is 6. The van der Waals surface area contributed by atoms with Crippen LogP contribution >= 0.6 is 0 Å². The van der Waals surface area contributed by atoms with Gasteiger partial charge in [0.1, 0.15) is 19.0 Å². The molecule has 0 radical (unpaired) electrons. The predicted octanol–water partition coefficient (Wildman–Crippen LogP) is 7.15. The van der Waals surface area contributed by atoms with Crippen LogP contribution in [0.25, 0.3) is 6.08 Å². The summed E-state index contributed by atoms with van der Waals surface area (Å²) in [5.41, 5.74) is 0.244. The van der Waals surface area contributed by atoms with Crippen molar-refractivity contribution in [3.63, 3.8) is 0 Å². The topological polar surface area (TPSA) is 78.9 Å². The zero-order valence-electron chi connectivity index (χ0n) is 23.7. The number of carbonyl (C=O) groups is 3. The first-order valence-electron chi connectivity index (χ1n) is 14.6. The lowest BCUT2D eigenvalue weighted by molar-refractivity contribution is -0.157. The third kappa shape index (κ3) is 8.99. The minimum Gasteiger partial charge on any atom is -0.462 e. The van der Waals surface area contributed by atoms with E-state index in [-0.39, 0.29) is 31.1 Å². The number of ether oxygens (including phenoxy) is 3. The zero-order chi connectivity index (χ0) is 27.5. The third-order valence-corrected chi connectivity index (χ3v) is 8.75. The van der Waals surface area contributed by atoms with Gasteiger partial charge in [0, 0.05) is 6.08 Å². The lowest BCUT2D eigenvalue weighted by Crippen LogP contribution is -2.30. The molecular weight excluding hydrogens is 480 g/mol. The second-order valence-electron chi connectivity index (χ2n) is 11.7. The fourth-order valence-electron chi connectivity index (χ4n) is 5.57. The van der Waals surface area contributed by atoms with Crippen LogP contribution < -0.4 is 4.74 Å².